The molecule has 0 saturated carbocycles. The molecule has 1 aliphatic rings. The fourth-order valence-corrected chi connectivity index (χ4v) is 2.88. The van der Waals surface area contributed by atoms with Gasteiger partial charge in [0.25, 0.3) is 5.91 Å². The minimum absolute atomic E-state index is 0.103. The highest BCUT2D eigenvalue weighted by Crippen LogP contribution is 2.41. The Morgan fingerprint density at radius 2 is 1.70 bits per heavy atom. The number of benzene rings is 2. The lowest BCUT2D eigenvalue weighted by molar-refractivity contribution is -0.0498. The van der Waals surface area contributed by atoms with Crippen LogP contribution in [0.2, 0.25) is 0 Å². The van der Waals surface area contributed by atoms with Crippen LogP contribution in [-0.4, -0.2) is 22.5 Å². The third kappa shape index (κ3) is 1.67. The van der Waals surface area contributed by atoms with Crippen LogP contribution in [0.15, 0.2) is 54.6 Å². The van der Waals surface area contributed by atoms with Crippen molar-refractivity contribution < 1.29 is 9.90 Å². The van der Waals surface area contributed by atoms with E-state index in [0.29, 0.717) is 17.7 Å². The zero-order chi connectivity index (χ0) is 14.2. The molecule has 3 nitrogen and oxygen atoms in total. The molecule has 0 saturated heterocycles. The Balaban J connectivity index is 2.22. The topological polar surface area (TPSA) is 40.5 Å². The monoisotopic (exact) mass is 267 g/mol. The van der Waals surface area contributed by atoms with Gasteiger partial charge in [0.05, 0.1) is 0 Å². The molecule has 0 radical (unpaired) electrons. The van der Waals surface area contributed by atoms with E-state index in [1.807, 2.05) is 55.5 Å². The maximum absolute atomic E-state index is 12.5. The van der Waals surface area contributed by atoms with Crippen molar-refractivity contribution in [2.24, 2.45) is 0 Å². The van der Waals surface area contributed by atoms with Crippen LogP contribution in [0.3, 0.4) is 0 Å². The maximum atomic E-state index is 12.5. The van der Waals surface area contributed by atoms with Crippen LogP contribution in [-0.2, 0) is 5.72 Å². The summed E-state index contributed by atoms with van der Waals surface area (Å²) < 4.78 is 0. The molecule has 20 heavy (non-hydrogen) atoms. The molecule has 102 valence electrons. The highest BCUT2D eigenvalue weighted by molar-refractivity contribution is 6.00. The summed E-state index contributed by atoms with van der Waals surface area (Å²) in [4.78, 5) is 14.1. The van der Waals surface area contributed by atoms with Crippen molar-refractivity contribution in [2.75, 3.05) is 6.54 Å². The molecular formula is C17H17NO2. The SMILES string of the molecule is CCCN1C(=O)c2ccccc2[C@@]1(O)c1ccccc1. The molecule has 3 rings (SSSR count). The van der Waals surface area contributed by atoms with Crippen LogP contribution in [0.25, 0.3) is 0 Å². The first kappa shape index (κ1) is 12.9. The molecule has 0 unspecified atom stereocenters. The minimum atomic E-state index is -1.36. The van der Waals surface area contributed by atoms with Gasteiger partial charge in [-0.1, -0.05) is 55.5 Å². The van der Waals surface area contributed by atoms with Crippen LogP contribution in [0.1, 0.15) is 34.8 Å². The first-order valence-corrected chi connectivity index (χ1v) is 6.89. The number of nitrogens with zero attached hydrogens (tertiary/aromatic N) is 1. The van der Waals surface area contributed by atoms with Crippen LogP contribution >= 0.6 is 0 Å². The van der Waals surface area contributed by atoms with Gasteiger partial charge in [-0.15, -0.1) is 0 Å². The molecule has 3 heteroatoms. The molecule has 0 aliphatic carbocycles. The Morgan fingerprint density at radius 1 is 1.05 bits per heavy atom. The summed E-state index contributed by atoms with van der Waals surface area (Å²) in [6.45, 7) is 2.53. The Hall–Kier alpha value is -2.13. The standard InChI is InChI=1S/C17H17NO2/c1-2-12-18-16(19)14-10-6-7-11-15(14)17(18,20)13-8-4-3-5-9-13/h3-11,20H,2,12H2,1H3/t17-/m0/s1. The third-order valence-electron chi connectivity index (χ3n) is 3.79. The normalized spacial score (nSPS) is 21.1. The molecule has 0 spiro atoms. The molecule has 1 heterocycles. The van der Waals surface area contributed by atoms with E-state index in [1.54, 1.807) is 11.0 Å². The van der Waals surface area contributed by atoms with Crippen LogP contribution < -0.4 is 0 Å². The third-order valence-corrected chi connectivity index (χ3v) is 3.79. The largest absolute Gasteiger partial charge is 0.363 e. The Bertz CT molecular complexity index is 638. The minimum Gasteiger partial charge on any atom is -0.363 e. The highest BCUT2D eigenvalue weighted by Gasteiger charge is 2.48. The summed E-state index contributed by atoms with van der Waals surface area (Å²) in [7, 11) is 0. The second kappa shape index (κ2) is 4.76. The number of fused-ring (bicyclic) bond motifs is 1. The number of hydrogen-bond donors (Lipinski definition) is 1. The van der Waals surface area contributed by atoms with Gasteiger partial charge in [-0.25, -0.2) is 0 Å². The smallest absolute Gasteiger partial charge is 0.257 e. The van der Waals surface area contributed by atoms with E-state index in [2.05, 4.69) is 0 Å². The van der Waals surface area contributed by atoms with Crippen molar-refractivity contribution in [3.63, 3.8) is 0 Å². The van der Waals surface area contributed by atoms with Gasteiger partial charge in [0.1, 0.15) is 0 Å². The van der Waals surface area contributed by atoms with Gasteiger partial charge in [0, 0.05) is 23.2 Å². The zero-order valence-corrected chi connectivity index (χ0v) is 11.4. The average molecular weight is 267 g/mol. The van der Waals surface area contributed by atoms with Crippen LogP contribution in [0, 0.1) is 0 Å². The number of rotatable bonds is 3. The highest BCUT2D eigenvalue weighted by atomic mass is 16.3. The number of amides is 1. The first-order chi connectivity index (χ1) is 9.69. The first-order valence-electron chi connectivity index (χ1n) is 6.89. The number of hydrogen-bond acceptors (Lipinski definition) is 2. The van der Waals surface area contributed by atoms with E-state index >= 15 is 0 Å². The van der Waals surface area contributed by atoms with E-state index < -0.39 is 5.72 Å². The van der Waals surface area contributed by atoms with Crippen LogP contribution in [0.4, 0.5) is 0 Å². The van der Waals surface area contributed by atoms with Gasteiger partial charge < -0.3 is 10.0 Å². The number of carbonyl (C=O) groups excluding carboxylic acids is 1. The maximum Gasteiger partial charge on any atom is 0.257 e. The van der Waals surface area contributed by atoms with E-state index in [4.69, 9.17) is 0 Å². The van der Waals surface area contributed by atoms with Crippen LogP contribution in [0.5, 0.6) is 0 Å². The summed E-state index contributed by atoms with van der Waals surface area (Å²) in [5.74, 6) is -0.103. The van der Waals surface area contributed by atoms with Gasteiger partial charge in [-0.05, 0) is 12.5 Å². The molecular weight excluding hydrogens is 250 g/mol. The fourth-order valence-electron chi connectivity index (χ4n) is 2.88. The van der Waals surface area contributed by atoms with Crippen molar-refractivity contribution in [1.29, 1.82) is 0 Å². The quantitative estimate of drug-likeness (QED) is 0.929. The number of aliphatic hydroxyl groups is 1. The summed E-state index contributed by atoms with van der Waals surface area (Å²) in [6.07, 6.45) is 0.800. The van der Waals surface area contributed by atoms with E-state index in [0.717, 1.165) is 12.0 Å². The van der Waals surface area contributed by atoms with Crippen molar-refractivity contribution >= 4 is 5.91 Å². The molecule has 2 aromatic rings. The lowest BCUT2D eigenvalue weighted by Crippen LogP contribution is -2.45. The molecule has 1 atom stereocenters. The number of carbonyl (C=O) groups is 1. The van der Waals surface area contributed by atoms with E-state index in [9.17, 15) is 9.90 Å². The Morgan fingerprint density at radius 3 is 2.40 bits per heavy atom. The summed E-state index contributed by atoms with van der Waals surface area (Å²) in [5, 5.41) is 11.3. The van der Waals surface area contributed by atoms with Gasteiger partial charge in [-0.3, -0.25) is 4.79 Å². The molecule has 0 bridgehead atoms. The molecule has 1 amide bonds. The molecule has 0 aromatic heterocycles. The molecule has 1 N–H and O–H groups in total. The van der Waals surface area contributed by atoms with Gasteiger partial charge in [0.2, 0.25) is 0 Å². The fraction of sp³-hybridized carbons (Fsp3) is 0.235. The van der Waals surface area contributed by atoms with Crippen molar-refractivity contribution in [3.8, 4) is 0 Å². The Kier molecular flexibility index (Phi) is 3.07. The molecule has 1 aliphatic heterocycles. The van der Waals surface area contributed by atoms with E-state index in [-0.39, 0.29) is 5.91 Å². The predicted octanol–water partition coefficient (Wildman–Crippen LogP) is 2.75. The lowest BCUT2D eigenvalue weighted by Gasteiger charge is -2.34. The molecule has 2 aromatic carbocycles. The lowest BCUT2D eigenvalue weighted by atomic mass is 9.94. The van der Waals surface area contributed by atoms with Gasteiger partial charge in [-0.2, -0.15) is 0 Å². The second-order valence-corrected chi connectivity index (χ2v) is 5.04. The molecule has 0 fully saturated rings. The summed E-state index contributed by atoms with van der Waals surface area (Å²) in [6, 6.07) is 16.7. The summed E-state index contributed by atoms with van der Waals surface area (Å²) in [5.41, 5.74) is 0.633. The summed E-state index contributed by atoms with van der Waals surface area (Å²) >= 11 is 0. The van der Waals surface area contributed by atoms with Crippen molar-refractivity contribution in [2.45, 2.75) is 19.1 Å². The predicted molar refractivity (Wildman–Crippen MR) is 77.2 cm³/mol. The average Bonchev–Trinajstić information content (AvgIpc) is 2.72. The van der Waals surface area contributed by atoms with E-state index in [1.165, 1.54) is 0 Å². The second-order valence-electron chi connectivity index (χ2n) is 5.04. The van der Waals surface area contributed by atoms with Gasteiger partial charge >= 0.3 is 0 Å². The van der Waals surface area contributed by atoms with Crippen molar-refractivity contribution in [3.05, 3.63) is 71.3 Å². The van der Waals surface area contributed by atoms with Crippen molar-refractivity contribution in [1.82, 2.24) is 4.90 Å². The Labute approximate surface area is 118 Å². The van der Waals surface area contributed by atoms with Gasteiger partial charge in [0.15, 0.2) is 5.72 Å². The zero-order valence-electron chi connectivity index (χ0n) is 11.4.